The Morgan fingerprint density at radius 2 is 2.00 bits per heavy atom. The lowest BCUT2D eigenvalue weighted by Gasteiger charge is -2.20. The molecular formula is C19H16N4O3. The highest BCUT2D eigenvalue weighted by Crippen LogP contribution is 2.35. The molecule has 0 atom stereocenters. The lowest BCUT2D eigenvalue weighted by atomic mass is 9.90. The largest absolute Gasteiger partial charge is 0.497 e. The van der Waals surface area contributed by atoms with Crippen molar-refractivity contribution in [3.05, 3.63) is 69.9 Å². The van der Waals surface area contributed by atoms with E-state index in [1.165, 1.54) is 17.7 Å². The SMILES string of the molecule is COc1ccc2c(c1)-c1nc(Nc3cccc([N+](=O)[O-])c3)ncc1CC2. The standard InChI is InChI=1S/C19H16N4O3/c1-26-16-8-7-12-5-6-13-11-20-19(22-18(13)17(12)10-16)21-14-3-2-4-15(9-14)23(24)25/h2-4,7-11H,5-6H2,1H3,(H,20,21,22). The fraction of sp³-hybridized carbons (Fsp3) is 0.158. The number of aryl methyl sites for hydroxylation is 2. The topological polar surface area (TPSA) is 90.2 Å². The number of nitro benzene ring substituents is 1. The van der Waals surface area contributed by atoms with E-state index in [2.05, 4.69) is 21.4 Å². The Morgan fingerprint density at radius 3 is 2.81 bits per heavy atom. The van der Waals surface area contributed by atoms with Crippen molar-refractivity contribution in [2.75, 3.05) is 12.4 Å². The Balaban J connectivity index is 1.71. The summed E-state index contributed by atoms with van der Waals surface area (Å²) >= 11 is 0. The van der Waals surface area contributed by atoms with E-state index in [0.29, 0.717) is 11.6 Å². The van der Waals surface area contributed by atoms with E-state index in [1.54, 1.807) is 19.2 Å². The highest BCUT2D eigenvalue weighted by atomic mass is 16.6. The average Bonchev–Trinajstić information content (AvgIpc) is 2.67. The van der Waals surface area contributed by atoms with Gasteiger partial charge in [0.05, 0.1) is 17.7 Å². The minimum atomic E-state index is -0.429. The molecule has 0 saturated carbocycles. The molecule has 7 nitrogen and oxygen atoms in total. The molecule has 0 saturated heterocycles. The van der Waals surface area contributed by atoms with Crippen LogP contribution >= 0.6 is 0 Å². The molecule has 0 fully saturated rings. The number of aromatic nitrogens is 2. The number of non-ortho nitro benzene ring substituents is 1. The van der Waals surface area contributed by atoms with Crippen LogP contribution in [0.15, 0.2) is 48.7 Å². The number of nitrogens with one attached hydrogen (secondary N) is 1. The summed E-state index contributed by atoms with van der Waals surface area (Å²) in [6, 6.07) is 12.3. The van der Waals surface area contributed by atoms with Crippen LogP contribution in [0.5, 0.6) is 5.75 Å². The van der Waals surface area contributed by atoms with Crippen LogP contribution in [0.1, 0.15) is 11.1 Å². The summed E-state index contributed by atoms with van der Waals surface area (Å²) in [6.07, 6.45) is 3.63. The van der Waals surface area contributed by atoms with E-state index in [9.17, 15) is 10.1 Å². The highest BCUT2D eigenvalue weighted by Gasteiger charge is 2.19. The molecule has 2 aromatic carbocycles. The second-order valence-electron chi connectivity index (χ2n) is 6.02. The first-order valence-corrected chi connectivity index (χ1v) is 8.19. The third kappa shape index (κ3) is 2.95. The molecule has 1 aliphatic rings. The van der Waals surface area contributed by atoms with Gasteiger partial charge in [0.15, 0.2) is 0 Å². The number of rotatable bonds is 4. The van der Waals surface area contributed by atoms with Crippen molar-refractivity contribution in [1.29, 1.82) is 0 Å². The van der Waals surface area contributed by atoms with E-state index in [4.69, 9.17) is 4.74 Å². The fourth-order valence-electron chi connectivity index (χ4n) is 3.10. The van der Waals surface area contributed by atoms with Crippen molar-refractivity contribution < 1.29 is 9.66 Å². The Kier molecular flexibility index (Phi) is 3.96. The van der Waals surface area contributed by atoms with Gasteiger partial charge in [-0.3, -0.25) is 10.1 Å². The van der Waals surface area contributed by atoms with Gasteiger partial charge in [-0.15, -0.1) is 0 Å². The van der Waals surface area contributed by atoms with Crippen molar-refractivity contribution in [1.82, 2.24) is 9.97 Å². The predicted octanol–water partition coefficient (Wildman–Crippen LogP) is 3.90. The van der Waals surface area contributed by atoms with E-state index in [1.807, 2.05) is 18.3 Å². The van der Waals surface area contributed by atoms with Gasteiger partial charge in [0, 0.05) is 29.6 Å². The zero-order valence-electron chi connectivity index (χ0n) is 14.1. The Bertz CT molecular complexity index is 1000. The molecule has 26 heavy (non-hydrogen) atoms. The van der Waals surface area contributed by atoms with Crippen molar-refractivity contribution in [3.8, 4) is 17.0 Å². The van der Waals surface area contributed by atoms with Crippen LogP contribution < -0.4 is 10.1 Å². The van der Waals surface area contributed by atoms with Crippen molar-refractivity contribution in [2.24, 2.45) is 0 Å². The first-order valence-electron chi connectivity index (χ1n) is 8.19. The lowest BCUT2D eigenvalue weighted by Crippen LogP contribution is -2.09. The summed E-state index contributed by atoms with van der Waals surface area (Å²) in [5.41, 5.74) is 4.79. The maximum atomic E-state index is 10.9. The van der Waals surface area contributed by atoms with E-state index >= 15 is 0 Å². The molecule has 130 valence electrons. The number of hydrogen-bond acceptors (Lipinski definition) is 6. The second kappa shape index (κ2) is 6.44. The van der Waals surface area contributed by atoms with Gasteiger partial charge in [-0.05, 0) is 42.2 Å². The molecule has 4 rings (SSSR count). The number of anilines is 2. The summed E-state index contributed by atoms with van der Waals surface area (Å²) < 4.78 is 5.33. The number of nitro groups is 1. The molecule has 0 spiro atoms. The molecule has 1 aromatic heterocycles. The minimum absolute atomic E-state index is 0.0167. The molecule has 0 radical (unpaired) electrons. The monoisotopic (exact) mass is 348 g/mol. The number of fused-ring (bicyclic) bond motifs is 3. The molecule has 1 heterocycles. The number of hydrogen-bond donors (Lipinski definition) is 1. The van der Waals surface area contributed by atoms with Crippen LogP contribution in [0.2, 0.25) is 0 Å². The second-order valence-corrected chi connectivity index (χ2v) is 6.02. The molecule has 7 heteroatoms. The normalized spacial score (nSPS) is 12.0. The maximum absolute atomic E-state index is 10.9. The summed E-state index contributed by atoms with van der Waals surface area (Å²) in [4.78, 5) is 19.5. The smallest absolute Gasteiger partial charge is 0.271 e. The summed E-state index contributed by atoms with van der Waals surface area (Å²) in [7, 11) is 1.64. The van der Waals surface area contributed by atoms with Gasteiger partial charge in [-0.2, -0.15) is 0 Å². The van der Waals surface area contributed by atoms with Crippen molar-refractivity contribution in [3.63, 3.8) is 0 Å². The Morgan fingerprint density at radius 1 is 1.15 bits per heavy atom. The van der Waals surface area contributed by atoms with Crippen molar-refractivity contribution >= 4 is 17.3 Å². The van der Waals surface area contributed by atoms with Gasteiger partial charge in [-0.25, -0.2) is 9.97 Å². The number of nitrogens with zero attached hydrogens (tertiary/aromatic N) is 3. The summed E-state index contributed by atoms with van der Waals surface area (Å²) in [5.74, 6) is 1.18. The van der Waals surface area contributed by atoms with E-state index < -0.39 is 4.92 Å². The minimum Gasteiger partial charge on any atom is -0.497 e. The third-order valence-corrected chi connectivity index (χ3v) is 4.41. The molecule has 3 aromatic rings. The van der Waals surface area contributed by atoms with Crippen LogP contribution in [-0.2, 0) is 12.8 Å². The van der Waals surface area contributed by atoms with Crippen LogP contribution in [-0.4, -0.2) is 22.0 Å². The number of benzene rings is 2. The van der Waals surface area contributed by atoms with Crippen molar-refractivity contribution in [2.45, 2.75) is 12.8 Å². The van der Waals surface area contributed by atoms with Crippen LogP contribution in [0.3, 0.4) is 0 Å². The molecule has 1 aliphatic carbocycles. The van der Waals surface area contributed by atoms with Gasteiger partial charge in [-0.1, -0.05) is 12.1 Å². The van der Waals surface area contributed by atoms with Crippen LogP contribution in [0.4, 0.5) is 17.3 Å². The Labute approximate surface area is 149 Å². The fourth-order valence-corrected chi connectivity index (χ4v) is 3.10. The van der Waals surface area contributed by atoms with Crippen LogP contribution in [0, 0.1) is 10.1 Å². The zero-order chi connectivity index (χ0) is 18.1. The van der Waals surface area contributed by atoms with Gasteiger partial charge in [0.1, 0.15) is 5.75 Å². The van der Waals surface area contributed by atoms with E-state index in [0.717, 1.165) is 35.4 Å². The quantitative estimate of drug-likeness (QED) is 0.568. The van der Waals surface area contributed by atoms with Crippen LogP contribution in [0.25, 0.3) is 11.3 Å². The summed E-state index contributed by atoms with van der Waals surface area (Å²) in [5, 5.41) is 14.0. The zero-order valence-corrected chi connectivity index (χ0v) is 14.1. The Hall–Kier alpha value is -3.48. The van der Waals surface area contributed by atoms with Gasteiger partial charge in [0.25, 0.3) is 5.69 Å². The number of methoxy groups -OCH3 is 1. The molecular weight excluding hydrogens is 332 g/mol. The summed E-state index contributed by atoms with van der Waals surface area (Å²) in [6.45, 7) is 0. The molecule has 0 unspecified atom stereocenters. The average molecular weight is 348 g/mol. The molecule has 0 amide bonds. The lowest BCUT2D eigenvalue weighted by molar-refractivity contribution is -0.384. The van der Waals surface area contributed by atoms with Gasteiger partial charge in [0.2, 0.25) is 5.95 Å². The van der Waals surface area contributed by atoms with Gasteiger partial charge < -0.3 is 10.1 Å². The molecule has 0 bridgehead atoms. The predicted molar refractivity (Wildman–Crippen MR) is 97.8 cm³/mol. The molecule has 0 aliphatic heterocycles. The molecule has 1 N–H and O–H groups in total. The number of ether oxygens (including phenoxy) is 1. The first-order chi connectivity index (χ1) is 12.6. The third-order valence-electron chi connectivity index (χ3n) is 4.41. The maximum Gasteiger partial charge on any atom is 0.271 e. The highest BCUT2D eigenvalue weighted by molar-refractivity contribution is 5.72. The van der Waals surface area contributed by atoms with Gasteiger partial charge >= 0.3 is 0 Å². The van der Waals surface area contributed by atoms with E-state index in [-0.39, 0.29) is 5.69 Å². The first kappa shape index (κ1) is 16.0.